The predicted octanol–water partition coefficient (Wildman–Crippen LogP) is 1.68. The highest BCUT2D eigenvalue weighted by molar-refractivity contribution is 5.79. The van der Waals surface area contributed by atoms with Crippen molar-refractivity contribution >= 4 is 11.6 Å². The van der Waals surface area contributed by atoms with Gasteiger partial charge in [-0.05, 0) is 24.1 Å². The zero-order valence-corrected chi connectivity index (χ0v) is 10.1. The van der Waals surface area contributed by atoms with Crippen LogP contribution in [0.5, 0.6) is 0 Å². The molecular formula is C14H18N2O. The van der Waals surface area contributed by atoms with E-state index in [4.69, 9.17) is 12.2 Å². The molecule has 0 fully saturated rings. The van der Waals surface area contributed by atoms with Crippen LogP contribution in [0.2, 0.25) is 0 Å². The maximum absolute atomic E-state index is 12.0. The normalized spacial score (nSPS) is 9.65. The molecule has 1 rings (SSSR count). The quantitative estimate of drug-likeness (QED) is 0.618. The summed E-state index contributed by atoms with van der Waals surface area (Å²) in [6.45, 7) is 3.11. The van der Waals surface area contributed by atoms with E-state index in [1.165, 1.54) is 0 Å². The highest BCUT2D eigenvalue weighted by atomic mass is 16.2. The van der Waals surface area contributed by atoms with Crippen molar-refractivity contribution in [3.63, 3.8) is 0 Å². The summed E-state index contributed by atoms with van der Waals surface area (Å²) in [5.41, 5.74) is 7.26. The number of amides is 1. The molecule has 0 atom stereocenters. The average molecular weight is 230 g/mol. The topological polar surface area (TPSA) is 46.3 Å². The van der Waals surface area contributed by atoms with Gasteiger partial charge >= 0.3 is 0 Å². The lowest BCUT2D eigenvalue weighted by Crippen LogP contribution is -2.33. The number of hydrogen-bond donors (Lipinski definition) is 1. The number of nitrogens with two attached hydrogens (primary N) is 1. The Morgan fingerprint density at radius 2 is 2.06 bits per heavy atom. The summed E-state index contributed by atoms with van der Waals surface area (Å²) in [7, 11) is 0. The van der Waals surface area contributed by atoms with Crippen LogP contribution in [0.4, 0.5) is 5.69 Å². The summed E-state index contributed by atoms with van der Waals surface area (Å²) in [5.74, 6) is 2.58. The number of terminal acetylenes is 1. The molecule has 0 saturated heterocycles. The maximum Gasteiger partial charge on any atom is 0.227 e. The van der Waals surface area contributed by atoms with Crippen molar-refractivity contribution in [2.45, 2.75) is 19.8 Å². The van der Waals surface area contributed by atoms with E-state index in [0.29, 0.717) is 25.2 Å². The molecule has 0 radical (unpaired) electrons. The molecule has 0 saturated carbocycles. The van der Waals surface area contributed by atoms with E-state index in [1.54, 1.807) is 17.0 Å². The standard InChI is InChI=1S/C14H18N2O/c1-3-9-16(10-4-2)14(17)11-12-5-7-13(15)8-6-12/h1,5-8H,4,9-11,15H2,2H3. The SMILES string of the molecule is C#CCN(CCC)C(=O)Cc1ccc(N)cc1. The maximum atomic E-state index is 12.0. The first-order chi connectivity index (χ1) is 8.17. The lowest BCUT2D eigenvalue weighted by atomic mass is 10.1. The Morgan fingerprint density at radius 1 is 1.41 bits per heavy atom. The van der Waals surface area contributed by atoms with E-state index < -0.39 is 0 Å². The molecule has 0 heterocycles. The van der Waals surface area contributed by atoms with E-state index in [9.17, 15) is 4.79 Å². The number of benzene rings is 1. The second-order valence-corrected chi connectivity index (χ2v) is 3.94. The van der Waals surface area contributed by atoms with E-state index in [1.807, 2.05) is 19.1 Å². The molecule has 1 amide bonds. The number of nitrogens with zero attached hydrogens (tertiary/aromatic N) is 1. The molecule has 0 aliphatic carbocycles. The van der Waals surface area contributed by atoms with Crippen molar-refractivity contribution in [1.82, 2.24) is 4.90 Å². The van der Waals surface area contributed by atoms with Crippen LogP contribution in [0.1, 0.15) is 18.9 Å². The molecule has 0 unspecified atom stereocenters. The largest absolute Gasteiger partial charge is 0.399 e. The van der Waals surface area contributed by atoms with Crippen molar-refractivity contribution in [3.05, 3.63) is 29.8 Å². The number of carbonyl (C=O) groups is 1. The molecule has 0 aromatic heterocycles. The van der Waals surface area contributed by atoms with Gasteiger partial charge in [0.2, 0.25) is 5.91 Å². The Hall–Kier alpha value is -1.95. The third-order valence-electron chi connectivity index (χ3n) is 2.46. The van der Waals surface area contributed by atoms with Gasteiger partial charge in [-0.25, -0.2) is 0 Å². The van der Waals surface area contributed by atoms with E-state index in [-0.39, 0.29) is 5.91 Å². The van der Waals surface area contributed by atoms with Crippen LogP contribution >= 0.6 is 0 Å². The van der Waals surface area contributed by atoms with Crippen molar-refractivity contribution < 1.29 is 4.79 Å². The Labute approximate surface area is 103 Å². The minimum absolute atomic E-state index is 0.0644. The van der Waals surface area contributed by atoms with Crippen LogP contribution in [-0.4, -0.2) is 23.9 Å². The molecule has 0 bridgehead atoms. The van der Waals surface area contributed by atoms with E-state index in [2.05, 4.69) is 5.92 Å². The molecule has 0 aliphatic rings. The monoisotopic (exact) mass is 230 g/mol. The number of carbonyl (C=O) groups excluding carboxylic acids is 1. The fourth-order valence-electron chi connectivity index (χ4n) is 1.59. The molecule has 3 nitrogen and oxygen atoms in total. The number of rotatable bonds is 5. The first-order valence-electron chi connectivity index (χ1n) is 5.73. The van der Waals surface area contributed by atoms with Crippen molar-refractivity contribution in [3.8, 4) is 12.3 Å². The van der Waals surface area contributed by atoms with Crippen LogP contribution in [-0.2, 0) is 11.2 Å². The summed E-state index contributed by atoms with van der Waals surface area (Å²) in [6.07, 6.45) is 6.54. The summed E-state index contributed by atoms with van der Waals surface area (Å²) in [6, 6.07) is 7.34. The molecule has 2 N–H and O–H groups in total. The van der Waals surface area contributed by atoms with Gasteiger partial charge in [0.05, 0.1) is 13.0 Å². The van der Waals surface area contributed by atoms with Gasteiger partial charge in [-0.15, -0.1) is 6.42 Å². The highest BCUT2D eigenvalue weighted by Gasteiger charge is 2.11. The van der Waals surface area contributed by atoms with Crippen LogP contribution in [0.3, 0.4) is 0 Å². The number of anilines is 1. The minimum Gasteiger partial charge on any atom is -0.399 e. The second-order valence-electron chi connectivity index (χ2n) is 3.94. The number of nitrogen functional groups attached to an aromatic ring is 1. The second kappa shape index (κ2) is 6.59. The van der Waals surface area contributed by atoms with Crippen LogP contribution in [0, 0.1) is 12.3 Å². The number of hydrogen-bond acceptors (Lipinski definition) is 2. The molecular weight excluding hydrogens is 212 g/mol. The van der Waals surface area contributed by atoms with Crippen LogP contribution in [0.25, 0.3) is 0 Å². The Morgan fingerprint density at radius 3 is 2.59 bits per heavy atom. The first-order valence-corrected chi connectivity index (χ1v) is 5.73. The molecule has 1 aromatic rings. The average Bonchev–Trinajstić information content (AvgIpc) is 2.32. The van der Waals surface area contributed by atoms with Gasteiger partial charge < -0.3 is 10.6 Å². The van der Waals surface area contributed by atoms with Crippen molar-refractivity contribution in [2.24, 2.45) is 0 Å². The molecule has 90 valence electrons. The van der Waals surface area contributed by atoms with Crippen LogP contribution < -0.4 is 5.73 Å². The Bertz CT molecular complexity index is 403. The van der Waals surface area contributed by atoms with E-state index >= 15 is 0 Å². The predicted molar refractivity (Wildman–Crippen MR) is 70.3 cm³/mol. The summed E-state index contributed by atoms with van der Waals surface area (Å²) in [4.78, 5) is 13.7. The Kier molecular flexibility index (Phi) is 5.09. The summed E-state index contributed by atoms with van der Waals surface area (Å²) < 4.78 is 0. The summed E-state index contributed by atoms with van der Waals surface area (Å²) >= 11 is 0. The lowest BCUT2D eigenvalue weighted by molar-refractivity contribution is -0.129. The van der Waals surface area contributed by atoms with Gasteiger partial charge in [0, 0.05) is 12.2 Å². The smallest absolute Gasteiger partial charge is 0.227 e. The Balaban J connectivity index is 2.63. The van der Waals surface area contributed by atoms with Gasteiger partial charge in [0.15, 0.2) is 0 Å². The van der Waals surface area contributed by atoms with Crippen LogP contribution in [0.15, 0.2) is 24.3 Å². The third-order valence-corrected chi connectivity index (χ3v) is 2.46. The summed E-state index contributed by atoms with van der Waals surface area (Å²) in [5, 5.41) is 0. The minimum atomic E-state index is 0.0644. The van der Waals surface area contributed by atoms with Gasteiger partial charge in [-0.2, -0.15) is 0 Å². The van der Waals surface area contributed by atoms with Gasteiger partial charge in [-0.3, -0.25) is 4.79 Å². The fourth-order valence-corrected chi connectivity index (χ4v) is 1.59. The zero-order chi connectivity index (χ0) is 12.7. The molecule has 1 aromatic carbocycles. The molecule has 17 heavy (non-hydrogen) atoms. The van der Waals surface area contributed by atoms with Gasteiger partial charge in [0.25, 0.3) is 0 Å². The van der Waals surface area contributed by atoms with Gasteiger partial charge in [0.1, 0.15) is 0 Å². The third kappa shape index (κ3) is 4.20. The molecule has 0 spiro atoms. The zero-order valence-electron chi connectivity index (χ0n) is 10.1. The van der Waals surface area contributed by atoms with E-state index in [0.717, 1.165) is 12.0 Å². The molecule has 0 aliphatic heterocycles. The highest BCUT2D eigenvalue weighted by Crippen LogP contribution is 2.07. The fraction of sp³-hybridized carbons (Fsp3) is 0.357. The van der Waals surface area contributed by atoms with Gasteiger partial charge in [-0.1, -0.05) is 25.0 Å². The lowest BCUT2D eigenvalue weighted by Gasteiger charge is -2.19. The van der Waals surface area contributed by atoms with Crippen molar-refractivity contribution in [2.75, 3.05) is 18.8 Å². The molecule has 3 heteroatoms. The first kappa shape index (κ1) is 13.1. The van der Waals surface area contributed by atoms with Crippen molar-refractivity contribution in [1.29, 1.82) is 0 Å².